The summed E-state index contributed by atoms with van der Waals surface area (Å²) >= 11 is 0. The fourth-order valence-corrected chi connectivity index (χ4v) is 2.73. The highest BCUT2D eigenvalue weighted by Gasteiger charge is 2.37. The summed E-state index contributed by atoms with van der Waals surface area (Å²) in [7, 11) is 0. The molecular formula is C16H22O3. The summed E-state index contributed by atoms with van der Waals surface area (Å²) in [5, 5.41) is 9.39. The van der Waals surface area contributed by atoms with E-state index in [9.17, 15) is 9.90 Å². The standard InChI is InChI=1S/C16H22O3/c1-4-6-12(15(17)18)11-7-5-8-14-13(9-11)16(2,3)10-19-14/h5,7-9,12,14H,4,6,10H2,1-3H3,(H,17,18). The molecule has 0 aromatic carbocycles. The predicted molar refractivity (Wildman–Crippen MR) is 74.9 cm³/mol. The fourth-order valence-electron chi connectivity index (χ4n) is 2.73. The molecule has 1 N–H and O–H groups in total. The number of carboxylic acids is 1. The summed E-state index contributed by atoms with van der Waals surface area (Å²) in [6.07, 6.45) is 9.44. The molecule has 0 saturated carbocycles. The van der Waals surface area contributed by atoms with Crippen molar-refractivity contribution >= 4 is 5.97 Å². The van der Waals surface area contributed by atoms with Gasteiger partial charge < -0.3 is 9.84 Å². The maximum absolute atomic E-state index is 11.4. The lowest BCUT2D eigenvalue weighted by atomic mass is 9.82. The maximum Gasteiger partial charge on any atom is 0.310 e. The van der Waals surface area contributed by atoms with Crippen LogP contribution < -0.4 is 0 Å². The lowest BCUT2D eigenvalue weighted by Crippen LogP contribution is -2.18. The van der Waals surface area contributed by atoms with Gasteiger partial charge in [-0.15, -0.1) is 0 Å². The van der Waals surface area contributed by atoms with Crippen LogP contribution in [0.15, 0.2) is 35.5 Å². The molecule has 1 aliphatic carbocycles. The molecule has 0 spiro atoms. The van der Waals surface area contributed by atoms with E-state index < -0.39 is 11.9 Å². The topological polar surface area (TPSA) is 46.5 Å². The van der Waals surface area contributed by atoms with Crippen LogP contribution in [0.3, 0.4) is 0 Å². The number of fused-ring (bicyclic) bond motifs is 1. The molecule has 2 atom stereocenters. The highest BCUT2D eigenvalue weighted by Crippen LogP contribution is 2.40. The van der Waals surface area contributed by atoms with Gasteiger partial charge in [-0.2, -0.15) is 0 Å². The molecule has 2 rings (SSSR count). The molecule has 3 nitrogen and oxygen atoms in total. The Bertz CT molecular complexity index is 455. The summed E-state index contributed by atoms with van der Waals surface area (Å²) in [6, 6.07) is 0. The number of aliphatic carboxylic acids is 1. The zero-order valence-electron chi connectivity index (χ0n) is 11.8. The van der Waals surface area contributed by atoms with E-state index in [1.807, 2.05) is 31.2 Å². The van der Waals surface area contributed by atoms with Crippen molar-refractivity contribution in [2.45, 2.75) is 39.7 Å². The Labute approximate surface area is 114 Å². The highest BCUT2D eigenvalue weighted by molar-refractivity contribution is 5.75. The molecule has 1 saturated heterocycles. The Balaban J connectivity index is 2.36. The third-order valence-corrected chi connectivity index (χ3v) is 3.89. The molecule has 3 heteroatoms. The average Bonchev–Trinajstić information content (AvgIpc) is 2.54. The number of hydrogen-bond donors (Lipinski definition) is 1. The summed E-state index contributed by atoms with van der Waals surface area (Å²) < 4.78 is 5.76. The molecule has 0 amide bonds. The number of ether oxygens (including phenoxy) is 1. The van der Waals surface area contributed by atoms with Crippen LogP contribution in [-0.4, -0.2) is 23.8 Å². The molecule has 1 heterocycles. The Morgan fingerprint density at radius 1 is 1.58 bits per heavy atom. The minimum Gasteiger partial charge on any atom is -0.481 e. The van der Waals surface area contributed by atoms with E-state index in [0.29, 0.717) is 13.0 Å². The molecule has 2 aliphatic rings. The Morgan fingerprint density at radius 2 is 2.32 bits per heavy atom. The zero-order valence-corrected chi connectivity index (χ0v) is 11.8. The lowest BCUT2D eigenvalue weighted by molar-refractivity contribution is -0.140. The molecule has 0 radical (unpaired) electrons. The van der Waals surface area contributed by atoms with Crippen molar-refractivity contribution in [1.29, 1.82) is 0 Å². The molecule has 1 fully saturated rings. The van der Waals surface area contributed by atoms with Gasteiger partial charge in [0, 0.05) is 5.41 Å². The molecule has 0 aromatic heterocycles. The smallest absolute Gasteiger partial charge is 0.310 e. The first-order chi connectivity index (χ1) is 8.95. The molecule has 0 bridgehead atoms. The van der Waals surface area contributed by atoms with Crippen LogP contribution in [0.5, 0.6) is 0 Å². The van der Waals surface area contributed by atoms with Gasteiger partial charge >= 0.3 is 5.97 Å². The Kier molecular flexibility index (Phi) is 3.95. The van der Waals surface area contributed by atoms with Gasteiger partial charge in [-0.3, -0.25) is 4.79 Å². The summed E-state index contributed by atoms with van der Waals surface area (Å²) in [5.41, 5.74) is 2.06. The van der Waals surface area contributed by atoms with Crippen LogP contribution in [-0.2, 0) is 9.53 Å². The lowest BCUT2D eigenvalue weighted by Gasteiger charge is -2.20. The second-order valence-corrected chi connectivity index (χ2v) is 5.95. The van der Waals surface area contributed by atoms with Gasteiger partial charge in [0.25, 0.3) is 0 Å². The van der Waals surface area contributed by atoms with Gasteiger partial charge in [0.05, 0.1) is 18.6 Å². The van der Waals surface area contributed by atoms with Crippen molar-refractivity contribution in [2.24, 2.45) is 11.3 Å². The minimum atomic E-state index is -0.742. The third-order valence-electron chi connectivity index (χ3n) is 3.89. The summed E-state index contributed by atoms with van der Waals surface area (Å²) in [5.74, 6) is -1.16. The quantitative estimate of drug-likeness (QED) is 0.845. The molecule has 1 aliphatic heterocycles. The van der Waals surface area contributed by atoms with Crippen LogP contribution in [0.1, 0.15) is 33.6 Å². The first-order valence-corrected chi connectivity index (χ1v) is 6.90. The summed E-state index contributed by atoms with van der Waals surface area (Å²) in [6.45, 7) is 6.99. The fraction of sp³-hybridized carbons (Fsp3) is 0.562. The van der Waals surface area contributed by atoms with E-state index in [2.05, 4.69) is 13.8 Å². The van der Waals surface area contributed by atoms with Gasteiger partial charge in [0.15, 0.2) is 0 Å². The molecule has 0 aromatic rings. The first kappa shape index (κ1) is 14.1. The van der Waals surface area contributed by atoms with E-state index in [-0.39, 0.29) is 11.5 Å². The van der Waals surface area contributed by atoms with Crippen LogP contribution in [0.25, 0.3) is 0 Å². The number of carboxylic acid groups (broad SMARTS) is 1. The predicted octanol–water partition coefficient (Wildman–Crippen LogP) is 3.33. The number of hydrogen-bond acceptors (Lipinski definition) is 2. The van der Waals surface area contributed by atoms with E-state index in [4.69, 9.17) is 4.74 Å². The maximum atomic E-state index is 11.4. The van der Waals surface area contributed by atoms with Gasteiger partial charge in [-0.1, -0.05) is 51.5 Å². The van der Waals surface area contributed by atoms with E-state index >= 15 is 0 Å². The third kappa shape index (κ3) is 2.81. The van der Waals surface area contributed by atoms with Crippen molar-refractivity contribution in [3.8, 4) is 0 Å². The molecule has 19 heavy (non-hydrogen) atoms. The van der Waals surface area contributed by atoms with Gasteiger partial charge in [-0.25, -0.2) is 0 Å². The van der Waals surface area contributed by atoms with Gasteiger partial charge in [-0.05, 0) is 17.6 Å². The molecule has 2 unspecified atom stereocenters. The summed E-state index contributed by atoms with van der Waals surface area (Å²) in [4.78, 5) is 11.4. The highest BCUT2D eigenvalue weighted by atomic mass is 16.5. The molecular weight excluding hydrogens is 240 g/mol. The van der Waals surface area contributed by atoms with Crippen molar-refractivity contribution in [3.63, 3.8) is 0 Å². The van der Waals surface area contributed by atoms with E-state index in [0.717, 1.165) is 12.0 Å². The minimum absolute atomic E-state index is 0.000165. The average molecular weight is 262 g/mol. The second-order valence-electron chi connectivity index (χ2n) is 5.95. The van der Waals surface area contributed by atoms with Crippen LogP contribution >= 0.6 is 0 Å². The number of rotatable bonds is 4. The number of carbonyl (C=O) groups is 1. The van der Waals surface area contributed by atoms with Crippen LogP contribution in [0.2, 0.25) is 0 Å². The normalized spacial score (nSPS) is 26.2. The Hall–Kier alpha value is -1.35. The monoisotopic (exact) mass is 262 g/mol. The first-order valence-electron chi connectivity index (χ1n) is 6.90. The number of allylic oxidation sites excluding steroid dienone is 3. The largest absolute Gasteiger partial charge is 0.481 e. The van der Waals surface area contributed by atoms with Crippen molar-refractivity contribution < 1.29 is 14.6 Å². The SMILES string of the molecule is CCCC(C(=O)O)C1=CC=CC2OCC(C)(C)C2=C1. The van der Waals surface area contributed by atoms with Crippen molar-refractivity contribution in [1.82, 2.24) is 0 Å². The zero-order chi connectivity index (χ0) is 14.0. The van der Waals surface area contributed by atoms with Crippen molar-refractivity contribution in [2.75, 3.05) is 6.61 Å². The van der Waals surface area contributed by atoms with E-state index in [1.54, 1.807) is 0 Å². The van der Waals surface area contributed by atoms with Crippen LogP contribution in [0, 0.1) is 11.3 Å². The van der Waals surface area contributed by atoms with Gasteiger partial charge in [0.2, 0.25) is 0 Å². The Morgan fingerprint density at radius 3 is 2.95 bits per heavy atom. The van der Waals surface area contributed by atoms with Crippen LogP contribution in [0.4, 0.5) is 0 Å². The van der Waals surface area contributed by atoms with Gasteiger partial charge in [0.1, 0.15) is 0 Å². The van der Waals surface area contributed by atoms with Crippen molar-refractivity contribution in [3.05, 3.63) is 35.5 Å². The van der Waals surface area contributed by atoms with E-state index in [1.165, 1.54) is 5.57 Å². The molecule has 104 valence electrons. The second kappa shape index (κ2) is 5.33.